The summed E-state index contributed by atoms with van der Waals surface area (Å²) in [6.07, 6.45) is 1.65. The summed E-state index contributed by atoms with van der Waals surface area (Å²) in [6.45, 7) is 6.19. The van der Waals surface area contributed by atoms with Crippen LogP contribution in [0.15, 0.2) is 12.3 Å². The van der Waals surface area contributed by atoms with Gasteiger partial charge in [0.15, 0.2) is 5.82 Å². The van der Waals surface area contributed by atoms with E-state index < -0.39 is 0 Å². The quantitative estimate of drug-likeness (QED) is 0.674. The molecule has 0 aliphatic carbocycles. The van der Waals surface area contributed by atoms with Gasteiger partial charge < -0.3 is 5.73 Å². The Labute approximate surface area is 81.9 Å². The van der Waals surface area contributed by atoms with Crippen molar-refractivity contribution in [1.82, 2.24) is 19.8 Å². The molecule has 2 N–H and O–H groups in total. The van der Waals surface area contributed by atoms with E-state index in [9.17, 15) is 0 Å². The first-order valence-electron chi connectivity index (χ1n) is 4.46. The zero-order chi connectivity index (χ0) is 10.3. The van der Waals surface area contributed by atoms with Gasteiger partial charge in [0.1, 0.15) is 0 Å². The molecule has 0 amide bonds. The molecule has 14 heavy (non-hydrogen) atoms. The molecule has 2 aromatic heterocycles. The minimum absolute atomic E-state index is 0.0831. The van der Waals surface area contributed by atoms with Gasteiger partial charge in [0.05, 0.1) is 11.9 Å². The second-order valence-corrected chi connectivity index (χ2v) is 4.30. The lowest BCUT2D eigenvalue weighted by atomic mass is 9.96. The Morgan fingerprint density at radius 1 is 1.29 bits per heavy atom. The van der Waals surface area contributed by atoms with Crippen molar-refractivity contribution in [2.75, 3.05) is 5.73 Å². The van der Waals surface area contributed by atoms with Crippen molar-refractivity contribution in [2.24, 2.45) is 0 Å². The molecule has 0 aromatic carbocycles. The Bertz CT molecular complexity index is 465. The molecular formula is C9H13N5. The van der Waals surface area contributed by atoms with Crippen LogP contribution in [0.5, 0.6) is 0 Å². The first-order chi connectivity index (χ1) is 6.50. The molecule has 5 heteroatoms. The van der Waals surface area contributed by atoms with Gasteiger partial charge in [-0.2, -0.15) is 9.61 Å². The maximum atomic E-state index is 5.75. The predicted octanol–water partition coefficient (Wildman–Crippen LogP) is 1.00. The third-order valence-corrected chi connectivity index (χ3v) is 2.01. The van der Waals surface area contributed by atoms with Crippen molar-refractivity contribution >= 4 is 11.3 Å². The van der Waals surface area contributed by atoms with E-state index >= 15 is 0 Å². The van der Waals surface area contributed by atoms with Crippen LogP contribution in [0.4, 0.5) is 5.69 Å². The van der Waals surface area contributed by atoms with Crippen molar-refractivity contribution in [2.45, 2.75) is 26.2 Å². The Hall–Kier alpha value is -1.65. The molecule has 2 heterocycles. The summed E-state index contributed by atoms with van der Waals surface area (Å²) >= 11 is 0. The predicted molar refractivity (Wildman–Crippen MR) is 53.9 cm³/mol. The summed E-state index contributed by atoms with van der Waals surface area (Å²) < 4.78 is 1.69. The van der Waals surface area contributed by atoms with Crippen LogP contribution >= 0.6 is 0 Å². The summed E-state index contributed by atoms with van der Waals surface area (Å²) in [5.41, 5.74) is 6.89. The standard InChI is InChI=1S/C9H13N5/c1-9(2,3)8-13-12-7-6(10)4-5-11-14(7)8/h4-5H,10H2,1-3H3. The summed E-state index contributed by atoms with van der Waals surface area (Å²) in [5.74, 6) is 0.819. The van der Waals surface area contributed by atoms with Gasteiger partial charge in [-0.05, 0) is 6.07 Å². The number of nitrogens with zero attached hydrogens (tertiary/aromatic N) is 4. The first kappa shape index (κ1) is 8.93. The largest absolute Gasteiger partial charge is 0.396 e. The molecule has 0 unspecified atom stereocenters. The SMILES string of the molecule is CC(C)(C)c1nnc2c(N)ccnn12. The molecule has 0 saturated heterocycles. The number of nitrogens with two attached hydrogens (primary N) is 1. The molecule has 0 aliphatic rings. The molecule has 0 atom stereocenters. The topological polar surface area (TPSA) is 69.1 Å². The summed E-state index contributed by atoms with van der Waals surface area (Å²) in [6, 6.07) is 1.72. The molecule has 74 valence electrons. The summed E-state index contributed by atoms with van der Waals surface area (Å²) in [7, 11) is 0. The third-order valence-electron chi connectivity index (χ3n) is 2.01. The van der Waals surface area contributed by atoms with Crippen molar-refractivity contribution in [3.05, 3.63) is 18.1 Å². The number of hydrogen-bond donors (Lipinski definition) is 1. The Morgan fingerprint density at radius 2 is 2.00 bits per heavy atom. The molecule has 5 nitrogen and oxygen atoms in total. The van der Waals surface area contributed by atoms with Crippen LogP contribution in [0.25, 0.3) is 5.65 Å². The fourth-order valence-corrected chi connectivity index (χ4v) is 1.29. The van der Waals surface area contributed by atoms with E-state index in [1.807, 2.05) is 0 Å². The average Bonchev–Trinajstić information content (AvgIpc) is 2.47. The number of fused-ring (bicyclic) bond motifs is 1. The second kappa shape index (κ2) is 2.67. The highest BCUT2D eigenvalue weighted by Gasteiger charge is 2.21. The average molecular weight is 191 g/mol. The monoisotopic (exact) mass is 191 g/mol. The van der Waals surface area contributed by atoms with Gasteiger partial charge in [-0.1, -0.05) is 20.8 Å². The van der Waals surface area contributed by atoms with Crippen molar-refractivity contribution < 1.29 is 0 Å². The van der Waals surface area contributed by atoms with Crippen LogP contribution in [-0.2, 0) is 5.41 Å². The van der Waals surface area contributed by atoms with Crippen LogP contribution in [0.3, 0.4) is 0 Å². The molecule has 0 aliphatic heterocycles. The number of aromatic nitrogens is 4. The maximum Gasteiger partial charge on any atom is 0.200 e. The lowest BCUT2D eigenvalue weighted by molar-refractivity contribution is 0.527. The van der Waals surface area contributed by atoms with E-state index in [0.29, 0.717) is 11.3 Å². The minimum atomic E-state index is -0.0831. The lowest BCUT2D eigenvalue weighted by Crippen LogP contribution is -2.17. The van der Waals surface area contributed by atoms with Gasteiger partial charge in [0.25, 0.3) is 0 Å². The minimum Gasteiger partial charge on any atom is -0.396 e. The maximum absolute atomic E-state index is 5.75. The summed E-state index contributed by atoms with van der Waals surface area (Å²) in [5, 5.41) is 12.3. The third kappa shape index (κ3) is 1.21. The highest BCUT2D eigenvalue weighted by Crippen LogP contribution is 2.21. The van der Waals surface area contributed by atoms with E-state index in [1.54, 1.807) is 16.8 Å². The first-order valence-corrected chi connectivity index (χ1v) is 4.46. The van der Waals surface area contributed by atoms with E-state index in [1.165, 1.54) is 0 Å². The van der Waals surface area contributed by atoms with Crippen LogP contribution < -0.4 is 5.73 Å². The van der Waals surface area contributed by atoms with E-state index in [2.05, 4.69) is 36.1 Å². The van der Waals surface area contributed by atoms with Crippen molar-refractivity contribution in [3.8, 4) is 0 Å². The second-order valence-electron chi connectivity index (χ2n) is 4.30. The van der Waals surface area contributed by atoms with Crippen molar-refractivity contribution in [3.63, 3.8) is 0 Å². The van der Waals surface area contributed by atoms with Gasteiger partial charge in [-0.3, -0.25) is 0 Å². The van der Waals surface area contributed by atoms with E-state index in [0.717, 1.165) is 5.82 Å². The van der Waals surface area contributed by atoms with Crippen LogP contribution in [0.2, 0.25) is 0 Å². The van der Waals surface area contributed by atoms with Crippen LogP contribution in [0.1, 0.15) is 26.6 Å². The highest BCUT2D eigenvalue weighted by atomic mass is 15.4. The number of nitrogen functional groups attached to an aromatic ring is 1. The Balaban J connectivity index is 2.76. The van der Waals surface area contributed by atoms with E-state index in [-0.39, 0.29) is 5.41 Å². The number of rotatable bonds is 0. The number of anilines is 1. The van der Waals surface area contributed by atoms with Gasteiger partial charge in [-0.15, -0.1) is 10.2 Å². The molecule has 0 radical (unpaired) electrons. The van der Waals surface area contributed by atoms with Gasteiger partial charge >= 0.3 is 0 Å². The molecule has 2 aromatic rings. The zero-order valence-electron chi connectivity index (χ0n) is 8.52. The Morgan fingerprint density at radius 3 is 2.64 bits per heavy atom. The smallest absolute Gasteiger partial charge is 0.200 e. The normalized spacial score (nSPS) is 12.2. The molecule has 0 fully saturated rings. The highest BCUT2D eigenvalue weighted by molar-refractivity contribution is 5.62. The van der Waals surface area contributed by atoms with Crippen LogP contribution in [0, 0.1) is 0 Å². The molecular weight excluding hydrogens is 178 g/mol. The molecule has 0 saturated carbocycles. The molecule has 0 spiro atoms. The lowest BCUT2D eigenvalue weighted by Gasteiger charge is -2.14. The fourth-order valence-electron chi connectivity index (χ4n) is 1.29. The van der Waals surface area contributed by atoms with Crippen LogP contribution in [-0.4, -0.2) is 19.8 Å². The Kier molecular flexibility index (Phi) is 1.70. The summed E-state index contributed by atoms with van der Waals surface area (Å²) in [4.78, 5) is 0. The van der Waals surface area contributed by atoms with E-state index in [4.69, 9.17) is 5.73 Å². The fraction of sp³-hybridized carbons (Fsp3) is 0.444. The van der Waals surface area contributed by atoms with Gasteiger partial charge in [0, 0.05) is 5.41 Å². The molecule has 2 rings (SSSR count). The number of hydrogen-bond acceptors (Lipinski definition) is 4. The van der Waals surface area contributed by atoms with Gasteiger partial charge in [0.2, 0.25) is 5.65 Å². The van der Waals surface area contributed by atoms with Crippen molar-refractivity contribution in [1.29, 1.82) is 0 Å². The van der Waals surface area contributed by atoms with Gasteiger partial charge in [-0.25, -0.2) is 0 Å². The zero-order valence-corrected chi connectivity index (χ0v) is 8.52. The molecule has 0 bridgehead atoms.